The van der Waals surface area contributed by atoms with Crippen molar-refractivity contribution in [3.8, 4) is 0 Å². The van der Waals surface area contributed by atoms with Crippen LogP contribution in [0.15, 0.2) is 18.2 Å². The molecule has 0 radical (unpaired) electrons. The molecule has 3 rings (SSSR count). The van der Waals surface area contributed by atoms with Gasteiger partial charge in [0.2, 0.25) is 0 Å². The molecular weight excluding hydrogens is 232 g/mol. The van der Waals surface area contributed by atoms with E-state index in [-0.39, 0.29) is 0 Å². The Morgan fingerprint density at radius 3 is 3.06 bits per heavy atom. The number of hydrogen-bond donors (Lipinski definition) is 2. The average Bonchev–Trinajstić information content (AvgIpc) is 2.75. The SMILES string of the molecule is CON1CCc2[nH]c3ccc(C(=O)O)cc3c2C1. The molecule has 0 spiro atoms. The van der Waals surface area contributed by atoms with E-state index in [1.54, 1.807) is 19.2 Å². The van der Waals surface area contributed by atoms with Gasteiger partial charge < -0.3 is 14.9 Å². The van der Waals surface area contributed by atoms with Crippen LogP contribution in [0.5, 0.6) is 0 Å². The Morgan fingerprint density at radius 1 is 1.50 bits per heavy atom. The van der Waals surface area contributed by atoms with Gasteiger partial charge in [-0.05, 0) is 23.8 Å². The Hall–Kier alpha value is -1.85. The maximum Gasteiger partial charge on any atom is 0.335 e. The highest BCUT2D eigenvalue weighted by Gasteiger charge is 2.21. The molecule has 0 bridgehead atoms. The first-order valence-electron chi connectivity index (χ1n) is 5.85. The van der Waals surface area contributed by atoms with Crippen molar-refractivity contribution < 1.29 is 14.7 Å². The number of aromatic carboxylic acids is 1. The molecule has 94 valence electrons. The summed E-state index contributed by atoms with van der Waals surface area (Å²) in [6.45, 7) is 1.54. The number of carboxylic acids is 1. The van der Waals surface area contributed by atoms with Crippen molar-refractivity contribution in [1.82, 2.24) is 10.0 Å². The Kier molecular flexibility index (Phi) is 2.57. The van der Waals surface area contributed by atoms with Crippen LogP contribution < -0.4 is 0 Å². The number of carboxylic acid groups (broad SMARTS) is 1. The zero-order valence-corrected chi connectivity index (χ0v) is 10.1. The van der Waals surface area contributed by atoms with Crippen LogP contribution in [0.2, 0.25) is 0 Å². The van der Waals surface area contributed by atoms with Gasteiger partial charge in [-0.15, -0.1) is 0 Å². The zero-order valence-electron chi connectivity index (χ0n) is 10.1. The van der Waals surface area contributed by atoms with Crippen LogP contribution in [0.3, 0.4) is 0 Å². The lowest BCUT2D eigenvalue weighted by atomic mass is 10.0. The van der Waals surface area contributed by atoms with E-state index in [1.807, 2.05) is 11.1 Å². The largest absolute Gasteiger partial charge is 0.478 e. The third kappa shape index (κ3) is 1.68. The van der Waals surface area contributed by atoms with E-state index in [0.29, 0.717) is 12.1 Å². The molecule has 0 saturated carbocycles. The lowest BCUT2D eigenvalue weighted by molar-refractivity contribution is -0.141. The Labute approximate surface area is 104 Å². The predicted molar refractivity (Wildman–Crippen MR) is 66.4 cm³/mol. The van der Waals surface area contributed by atoms with E-state index in [9.17, 15) is 4.79 Å². The maximum absolute atomic E-state index is 11.0. The molecular formula is C13H14N2O3. The molecule has 1 aliphatic heterocycles. The number of hydroxylamine groups is 2. The molecule has 2 aromatic rings. The van der Waals surface area contributed by atoms with E-state index in [4.69, 9.17) is 9.94 Å². The fourth-order valence-corrected chi connectivity index (χ4v) is 2.48. The van der Waals surface area contributed by atoms with Gasteiger partial charge in [0.1, 0.15) is 0 Å². The summed E-state index contributed by atoms with van der Waals surface area (Å²) in [7, 11) is 1.66. The van der Waals surface area contributed by atoms with Gasteiger partial charge in [0.05, 0.1) is 19.2 Å². The van der Waals surface area contributed by atoms with Crippen molar-refractivity contribution in [2.24, 2.45) is 0 Å². The number of aromatic amines is 1. The molecule has 0 aliphatic carbocycles. The van der Waals surface area contributed by atoms with Crippen LogP contribution in [-0.2, 0) is 17.8 Å². The van der Waals surface area contributed by atoms with Gasteiger partial charge in [0, 0.05) is 29.6 Å². The van der Waals surface area contributed by atoms with Gasteiger partial charge in [-0.2, -0.15) is 5.06 Å². The van der Waals surface area contributed by atoms with Crippen LogP contribution in [0.4, 0.5) is 0 Å². The lowest BCUT2D eigenvalue weighted by Crippen LogP contribution is -2.29. The second kappa shape index (κ2) is 4.12. The molecule has 2 heterocycles. The Bertz CT molecular complexity index is 618. The number of H-pyrrole nitrogens is 1. The van der Waals surface area contributed by atoms with E-state index < -0.39 is 5.97 Å². The molecule has 2 N–H and O–H groups in total. The van der Waals surface area contributed by atoms with Gasteiger partial charge in [0.25, 0.3) is 0 Å². The Morgan fingerprint density at radius 2 is 2.33 bits per heavy atom. The third-order valence-corrected chi connectivity index (χ3v) is 3.45. The summed E-state index contributed by atoms with van der Waals surface area (Å²) < 4.78 is 0. The van der Waals surface area contributed by atoms with Gasteiger partial charge in [-0.1, -0.05) is 0 Å². The molecule has 0 amide bonds. The first kappa shape index (κ1) is 11.3. The first-order valence-corrected chi connectivity index (χ1v) is 5.85. The maximum atomic E-state index is 11.0. The second-order valence-electron chi connectivity index (χ2n) is 4.44. The number of aromatic nitrogens is 1. The van der Waals surface area contributed by atoms with Crippen molar-refractivity contribution in [1.29, 1.82) is 0 Å². The highest BCUT2D eigenvalue weighted by atomic mass is 16.7. The van der Waals surface area contributed by atoms with Gasteiger partial charge in [-0.25, -0.2) is 4.79 Å². The molecule has 0 unspecified atom stereocenters. The van der Waals surface area contributed by atoms with E-state index in [1.165, 1.54) is 5.69 Å². The van der Waals surface area contributed by atoms with Crippen molar-refractivity contribution in [2.75, 3.05) is 13.7 Å². The third-order valence-electron chi connectivity index (χ3n) is 3.45. The minimum Gasteiger partial charge on any atom is -0.478 e. The summed E-state index contributed by atoms with van der Waals surface area (Å²) in [5.41, 5.74) is 3.63. The number of nitrogens with zero attached hydrogens (tertiary/aromatic N) is 1. The van der Waals surface area contributed by atoms with Crippen LogP contribution in [0.25, 0.3) is 10.9 Å². The number of benzene rings is 1. The molecule has 0 atom stereocenters. The average molecular weight is 246 g/mol. The highest BCUT2D eigenvalue weighted by molar-refractivity contribution is 5.95. The van der Waals surface area contributed by atoms with Crippen LogP contribution in [-0.4, -0.2) is 34.8 Å². The van der Waals surface area contributed by atoms with Crippen molar-refractivity contribution >= 4 is 16.9 Å². The minimum absolute atomic E-state index is 0.318. The normalized spacial score (nSPS) is 15.8. The molecule has 0 fully saturated rings. The number of fused-ring (bicyclic) bond motifs is 3. The minimum atomic E-state index is -0.897. The number of hydrogen-bond acceptors (Lipinski definition) is 3. The van der Waals surface area contributed by atoms with Crippen molar-refractivity contribution in [3.05, 3.63) is 35.0 Å². The standard InChI is InChI=1S/C13H14N2O3/c1-18-15-5-4-12-10(7-15)9-6-8(13(16)17)2-3-11(9)14-12/h2-3,6,14H,4-5,7H2,1H3,(H,16,17). The van der Waals surface area contributed by atoms with Gasteiger partial charge in [-0.3, -0.25) is 0 Å². The second-order valence-corrected chi connectivity index (χ2v) is 4.44. The first-order chi connectivity index (χ1) is 8.69. The van der Waals surface area contributed by atoms with E-state index in [0.717, 1.165) is 29.4 Å². The molecule has 5 heteroatoms. The summed E-state index contributed by atoms with van der Waals surface area (Å²) >= 11 is 0. The molecule has 1 aliphatic rings. The quantitative estimate of drug-likeness (QED) is 0.847. The number of carbonyl (C=O) groups is 1. The molecule has 0 saturated heterocycles. The fraction of sp³-hybridized carbons (Fsp3) is 0.308. The van der Waals surface area contributed by atoms with Crippen LogP contribution in [0, 0.1) is 0 Å². The number of rotatable bonds is 2. The molecule has 5 nitrogen and oxygen atoms in total. The molecule has 1 aromatic heterocycles. The van der Waals surface area contributed by atoms with Gasteiger partial charge >= 0.3 is 5.97 Å². The monoisotopic (exact) mass is 246 g/mol. The predicted octanol–water partition coefficient (Wildman–Crippen LogP) is 1.79. The topological polar surface area (TPSA) is 65.6 Å². The Balaban J connectivity index is 2.14. The summed E-state index contributed by atoms with van der Waals surface area (Å²) in [6.07, 6.45) is 0.889. The van der Waals surface area contributed by atoms with E-state index >= 15 is 0 Å². The molecule has 1 aromatic carbocycles. The van der Waals surface area contributed by atoms with Gasteiger partial charge in [0.15, 0.2) is 0 Å². The summed E-state index contributed by atoms with van der Waals surface area (Å²) in [5.74, 6) is -0.897. The fourth-order valence-electron chi connectivity index (χ4n) is 2.48. The summed E-state index contributed by atoms with van der Waals surface area (Å²) in [6, 6.07) is 5.18. The number of nitrogens with one attached hydrogen (secondary N) is 1. The lowest BCUT2D eigenvalue weighted by Gasteiger charge is -2.24. The van der Waals surface area contributed by atoms with Crippen LogP contribution in [0.1, 0.15) is 21.6 Å². The smallest absolute Gasteiger partial charge is 0.335 e. The molecule has 18 heavy (non-hydrogen) atoms. The van der Waals surface area contributed by atoms with Crippen molar-refractivity contribution in [3.63, 3.8) is 0 Å². The zero-order chi connectivity index (χ0) is 12.7. The summed E-state index contributed by atoms with van der Waals surface area (Å²) in [5, 5.41) is 11.9. The highest BCUT2D eigenvalue weighted by Crippen LogP contribution is 2.28. The summed E-state index contributed by atoms with van der Waals surface area (Å²) in [4.78, 5) is 19.6. The van der Waals surface area contributed by atoms with Crippen LogP contribution >= 0.6 is 0 Å². The van der Waals surface area contributed by atoms with E-state index in [2.05, 4.69) is 4.98 Å². The van der Waals surface area contributed by atoms with Crippen molar-refractivity contribution in [2.45, 2.75) is 13.0 Å².